The van der Waals surface area contributed by atoms with E-state index in [0.717, 1.165) is 5.56 Å². The van der Waals surface area contributed by atoms with Crippen LogP contribution in [0.4, 0.5) is 11.4 Å². The number of benzene rings is 2. The van der Waals surface area contributed by atoms with E-state index in [9.17, 15) is 9.59 Å². The van der Waals surface area contributed by atoms with Gasteiger partial charge in [0.15, 0.2) is 6.61 Å². The van der Waals surface area contributed by atoms with Crippen LogP contribution in [0.25, 0.3) is 0 Å². The van der Waals surface area contributed by atoms with Crippen LogP contribution < -0.4 is 15.4 Å². The van der Waals surface area contributed by atoms with Gasteiger partial charge >= 0.3 is 0 Å². The van der Waals surface area contributed by atoms with Crippen molar-refractivity contribution in [3.05, 3.63) is 53.1 Å². The van der Waals surface area contributed by atoms with Gasteiger partial charge in [-0.05, 0) is 36.8 Å². The molecule has 0 aliphatic heterocycles. The van der Waals surface area contributed by atoms with Crippen molar-refractivity contribution in [2.24, 2.45) is 5.41 Å². The zero-order chi connectivity index (χ0) is 19.3. The van der Waals surface area contributed by atoms with E-state index >= 15 is 0 Å². The van der Waals surface area contributed by atoms with Crippen molar-refractivity contribution in [3.8, 4) is 5.75 Å². The van der Waals surface area contributed by atoms with Crippen LogP contribution in [0.3, 0.4) is 0 Å². The van der Waals surface area contributed by atoms with Crippen molar-refractivity contribution < 1.29 is 14.3 Å². The highest BCUT2D eigenvalue weighted by molar-refractivity contribution is 6.31. The van der Waals surface area contributed by atoms with Crippen molar-refractivity contribution in [2.75, 3.05) is 17.2 Å². The highest BCUT2D eigenvalue weighted by atomic mass is 35.5. The number of halogens is 1. The van der Waals surface area contributed by atoms with Gasteiger partial charge in [-0.2, -0.15) is 0 Å². The molecule has 2 rings (SSSR count). The van der Waals surface area contributed by atoms with Gasteiger partial charge < -0.3 is 15.4 Å². The summed E-state index contributed by atoms with van der Waals surface area (Å²) in [5.41, 5.74) is 1.68. The van der Waals surface area contributed by atoms with Crippen molar-refractivity contribution >= 4 is 34.8 Å². The fraction of sp³-hybridized carbons (Fsp3) is 0.300. The van der Waals surface area contributed by atoms with Gasteiger partial charge in [0.25, 0.3) is 5.91 Å². The molecule has 0 atom stereocenters. The molecule has 0 heterocycles. The number of aryl methyl sites for hydroxylation is 1. The first kappa shape index (κ1) is 19.8. The molecule has 2 N–H and O–H groups in total. The lowest BCUT2D eigenvalue weighted by atomic mass is 9.95. The average Bonchev–Trinajstić information content (AvgIpc) is 2.56. The summed E-state index contributed by atoms with van der Waals surface area (Å²) in [7, 11) is 0. The number of carbonyl (C=O) groups excluding carboxylic acids is 2. The average molecular weight is 375 g/mol. The van der Waals surface area contributed by atoms with Gasteiger partial charge in [-0.3, -0.25) is 9.59 Å². The summed E-state index contributed by atoms with van der Waals surface area (Å²) in [6.45, 7) is 7.25. The molecular formula is C20H23ClN2O3. The molecule has 0 saturated carbocycles. The van der Waals surface area contributed by atoms with Crippen LogP contribution in [0.1, 0.15) is 26.3 Å². The van der Waals surface area contributed by atoms with E-state index in [1.165, 1.54) is 0 Å². The van der Waals surface area contributed by atoms with Gasteiger partial charge in [0, 0.05) is 27.9 Å². The second kappa shape index (κ2) is 8.23. The molecular weight excluding hydrogens is 352 g/mol. The lowest BCUT2D eigenvalue weighted by Gasteiger charge is -2.18. The molecule has 2 aromatic carbocycles. The van der Waals surface area contributed by atoms with Crippen molar-refractivity contribution in [2.45, 2.75) is 27.7 Å². The van der Waals surface area contributed by atoms with E-state index in [2.05, 4.69) is 10.6 Å². The number of carbonyl (C=O) groups is 2. The zero-order valence-corrected chi connectivity index (χ0v) is 16.1. The second-order valence-corrected chi connectivity index (χ2v) is 7.44. The first-order valence-corrected chi connectivity index (χ1v) is 8.63. The number of amides is 2. The van der Waals surface area contributed by atoms with Gasteiger partial charge in [-0.1, -0.05) is 44.5 Å². The minimum Gasteiger partial charge on any atom is -0.484 e. The minimum atomic E-state index is -0.494. The number of ether oxygens (including phenoxy) is 1. The Kier molecular flexibility index (Phi) is 6.27. The third-order valence-corrected chi connectivity index (χ3v) is 4.01. The third kappa shape index (κ3) is 5.77. The van der Waals surface area contributed by atoms with E-state index < -0.39 is 5.41 Å². The van der Waals surface area contributed by atoms with Crippen LogP contribution in [-0.2, 0) is 9.59 Å². The molecule has 2 aromatic rings. The molecule has 138 valence electrons. The number of hydrogen-bond acceptors (Lipinski definition) is 3. The van der Waals surface area contributed by atoms with Gasteiger partial charge in [0.05, 0.1) is 0 Å². The number of hydrogen-bond donors (Lipinski definition) is 2. The van der Waals surface area contributed by atoms with Crippen LogP contribution >= 0.6 is 11.6 Å². The Hall–Kier alpha value is -2.53. The summed E-state index contributed by atoms with van der Waals surface area (Å²) in [6, 6.07) is 12.2. The number of anilines is 2. The maximum Gasteiger partial charge on any atom is 0.262 e. The van der Waals surface area contributed by atoms with Crippen LogP contribution in [0, 0.1) is 12.3 Å². The van der Waals surface area contributed by atoms with Crippen molar-refractivity contribution in [1.82, 2.24) is 0 Å². The molecule has 26 heavy (non-hydrogen) atoms. The molecule has 0 aliphatic rings. The van der Waals surface area contributed by atoms with Gasteiger partial charge in [0.1, 0.15) is 5.75 Å². The molecule has 0 radical (unpaired) electrons. The second-order valence-electron chi connectivity index (χ2n) is 7.03. The Labute approximate surface area is 158 Å². The molecule has 0 unspecified atom stereocenters. The molecule has 0 spiro atoms. The molecule has 5 nitrogen and oxygen atoms in total. The normalized spacial score (nSPS) is 11.0. The Morgan fingerprint density at radius 3 is 2.38 bits per heavy atom. The predicted molar refractivity (Wildman–Crippen MR) is 105 cm³/mol. The quantitative estimate of drug-likeness (QED) is 0.800. The fourth-order valence-electron chi connectivity index (χ4n) is 2.00. The van der Waals surface area contributed by atoms with E-state index in [-0.39, 0.29) is 18.4 Å². The van der Waals surface area contributed by atoms with Crippen LogP contribution in [0.15, 0.2) is 42.5 Å². The number of nitrogens with one attached hydrogen (secondary N) is 2. The Morgan fingerprint density at radius 2 is 1.73 bits per heavy atom. The molecule has 0 fully saturated rings. The van der Waals surface area contributed by atoms with Crippen LogP contribution in [-0.4, -0.2) is 18.4 Å². The summed E-state index contributed by atoms with van der Waals surface area (Å²) in [5.74, 6) is 0.103. The fourth-order valence-corrected chi connectivity index (χ4v) is 2.18. The third-order valence-electron chi connectivity index (χ3n) is 3.60. The lowest BCUT2D eigenvalue weighted by Crippen LogP contribution is -2.27. The molecule has 0 aliphatic carbocycles. The Morgan fingerprint density at radius 1 is 1.04 bits per heavy atom. The van der Waals surface area contributed by atoms with Gasteiger partial charge in [0.2, 0.25) is 5.91 Å². The summed E-state index contributed by atoms with van der Waals surface area (Å²) in [4.78, 5) is 24.1. The monoisotopic (exact) mass is 374 g/mol. The highest BCUT2D eigenvalue weighted by Gasteiger charge is 2.21. The van der Waals surface area contributed by atoms with Crippen molar-refractivity contribution in [1.29, 1.82) is 0 Å². The first-order valence-electron chi connectivity index (χ1n) is 8.25. The molecule has 2 amide bonds. The predicted octanol–water partition coefficient (Wildman–Crippen LogP) is 4.65. The minimum absolute atomic E-state index is 0.0938. The van der Waals surface area contributed by atoms with E-state index in [1.54, 1.807) is 36.4 Å². The number of rotatable bonds is 5. The standard InChI is InChI=1S/C20H23ClN2O3/c1-13-8-9-15(11-17(13)21)22-18(24)12-26-16-7-5-6-14(10-16)23-19(25)20(2,3)4/h5-11H,12H2,1-4H3,(H,22,24)(H,23,25). The van der Waals surface area contributed by atoms with Crippen LogP contribution in [0.5, 0.6) is 5.75 Å². The maximum absolute atomic E-state index is 12.0. The van der Waals surface area contributed by atoms with Gasteiger partial charge in [-0.15, -0.1) is 0 Å². The summed E-state index contributed by atoms with van der Waals surface area (Å²) >= 11 is 6.04. The van der Waals surface area contributed by atoms with Gasteiger partial charge in [-0.25, -0.2) is 0 Å². The Bertz CT molecular complexity index is 813. The SMILES string of the molecule is Cc1ccc(NC(=O)COc2cccc(NC(=O)C(C)(C)C)c2)cc1Cl. The lowest BCUT2D eigenvalue weighted by molar-refractivity contribution is -0.123. The van der Waals surface area contributed by atoms with E-state index in [4.69, 9.17) is 16.3 Å². The molecule has 0 saturated heterocycles. The maximum atomic E-state index is 12.0. The summed E-state index contributed by atoms with van der Waals surface area (Å²) in [6.07, 6.45) is 0. The highest BCUT2D eigenvalue weighted by Crippen LogP contribution is 2.22. The zero-order valence-electron chi connectivity index (χ0n) is 15.4. The van der Waals surface area contributed by atoms with E-state index in [0.29, 0.717) is 22.1 Å². The molecule has 0 bridgehead atoms. The van der Waals surface area contributed by atoms with Crippen molar-refractivity contribution in [3.63, 3.8) is 0 Å². The first-order chi connectivity index (χ1) is 12.1. The smallest absolute Gasteiger partial charge is 0.262 e. The largest absolute Gasteiger partial charge is 0.484 e. The summed E-state index contributed by atoms with van der Waals surface area (Å²) < 4.78 is 5.51. The Balaban J connectivity index is 1.92. The van der Waals surface area contributed by atoms with Crippen LogP contribution in [0.2, 0.25) is 5.02 Å². The molecule has 0 aromatic heterocycles. The molecule has 6 heteroatoms. The topological polar surface area (TPSA) is 67.4 Å². The summed E-state index contributed by atoms with van der Waals surface area (Å²) in [5, 5.41) is 6.14. The van der Waals surface area contributed by atoms with E-state index in [1.807, 2.05) is 33.8 Å².